The van der Waals surface area contributed by atoms with Crippen molar-refractivity contribution in [2.24, 2.45) is 10.2 Å². The summed E-state index contributed by atoms with van der Waals surface area (Å²) >= 11 is 13.8. The predicted octanol–water partition coefficient (Wildman–Crippen LogP) is 7.53. The van der Waals surface area contributed by atoms with Gasteiger partial charge in [-0.2, -0.15) is 10.2 Å². The molecule has 2 aliphatic rings. The van der Waals surface area contributed by atoms with Crippen molar-refractivity contribution in [2.75, 3.05) is 10.0 Å². The van der Waals surface area contributed by atoms with Gasteiger partial charge in [-0.25, -0.2) is 10.0 Å². The number of para-hydroxylation sites is 1. The van der Waals surface area contributed by atoms with Crippen LogP contribution in [0.25, 0.3) is 0 Å². The molecule has 0 radical (unpaired) electrons. The van der Waals surface area contributed by atoms with Crippen molar-refractivity contribution in [3.8, 4) is 0 Å². The molecule has 182 valence electrons. The minimum atomic E-state index is -0.997. The quantitative estimate of drug-likeness (QED) is 0.267. The maximum Gasteiger partial charge on any atom is 0.234 e. The molecule has 37 heavy (non-hydrogen) atoms. The summed E-state index contributed by atoms with van der Waals surface area (Å²) in [5.74, 6) is -0.112. The molecule has 0 N–H and O–H groups in total. The molecule has 0 aliphatic carbocycles. The van der Waals surface area contributed by atoms with E-state index in [1.54, 1.807) is 0 Å². The molecule has 0 aromatic heterocycles. The average molecular weight is 543 g/mol. The first-order valence-corrected chi connectivity index (χ1v) is 13.2. The SMILES string of the molecule is CC(=O)C1=NN(c2ccc(Cl)cc2)C2(S1)c1ccccc1C(c1ccc(Cl)cc1)=NN2c1ccccc1. The molecule has 0 fully saturated rings. The molecule has 6 rings (SSSR count). The van der Waals surface area contributed by atoms with E-state index in [2.05, 4.69) is 12.1 Å². The summed E-state index contributed by atoms with van der Waals surface area (Å²) in [5.41, 5.74) is 5.28. The molecular weight excluding hydrogens is 523 g/mol. The van der Waals surface area contributed by atoms with Crippen LogP contribution in [0.2, 0.25) is 10.0 Å². The van der Waals surface area contributed by atoms with Crippen molar-refractivity contribution >= 4 is 62.9 Å². The minimum Gasteiger partial charge on any atom is -0.292 e. The van der Waals surface area contributed by atoms with E-state index in [-0.39, 0.29) is 5.78 Å². The second kappa shape index (κ2) is 9.38. The Morgan fingerprint density at radius 2 is 1.30 bits per heavy atom. The molecule has 2 heterocycles. The van der Waals surface area contributed by atoms with E-state index in [4.69, 9.17) is 33.4 Å². The van der Waals surface area contributed by atoms with Gasteiger partial charge >= 0.3 is 0 Å². The lowest BCUT2D eigenvalue weighted by molar-refractivity contribution is -0.110. The van der Waals surface area contributed by atoms with Crippen LogP contribution >= 0.6 is 35.0 Å². The molecule has 4 aromatic rings. The van der Waals surface area contributed by atoms with E-state index in [9.17, 15) is 4.79 Å². The topological polar surface area (TPSA) is 48.3 Å². The maximum absolute atomic E-state index is 12.7. The predicted molar refractivity (Wildman–Crippen MR) is 154 cm³/mol. The Kier molecular flexibility index (Phi) is 6.03. The van der Waals surface area contributed by atoms with Crippen molar-refractivity contribution in [3.63, 3.8) is 0 Å². The average Bonchev–Trinajstić information content (AvgIpc) is 3.32. The van der Waals surface area contributed by atoms with Gasteiger partial charge in [0.2, 0.25) is 4.99 Å². The van der Waals surface area contributed by atoms with Crippen molar-refractivity contribution in [1.82, 2.24) is 0 Å². The third-order valence-electron chi connectivity index (χ3n) is 6.23. The smallest absolute Gasteiger partial charge is 0.234 e. The van der Waals surface area contributed by atoms with Crippen molar-refractivity contribution in [3.05, 3.63) is 130 Å². The van der Waals surface area contributed by atoms with Gasteiger partial charge in [0.15, 0.2) is 10.8 Å². The van der Waals surface area contributed by atoms with Gasteiger partial charge in [0.05, 0.1) is 17.1 Å². The Balaban J connectivity index is 1.66. The van der Waals surface area contributed by atoms with E-state index >= 15 is 0 Å². The van der Waals surface area contributed by atoms with Crippen LogP contribution in [0.3, 0.4) is 0 Å². The molecule has 5 nitrogen and oxygen atoms in total. The number of fused-ring (bicyclic) bond motifs is 2. The summed E-state index contributed by atoms with van der Waals surface area (Å²) in [6, 6.07) is 33.2. The number of carbonyl (C=O) groups is 1. The third kappa shape index (κ3) is 4.02. The summed E-state index contributed by atoms with van der Waals surface area (Å²) in [6.07, 6.45) is 0. The number of hydrazone groups is 2. The number of carbonyl (C=O) groups excluding carboxylic acids is 1. The van der Waals surface area contributed by atoms with Crippen molar-refractivity contribution in [2.45, 2.75) is 11.9 Å². The lowest BCUT2D eigenvalue weighted by atomic mass is 9.93. The number of Topliss-reactive ketones (excluding diaryl/α,β-unsaturated/α-hetero) is 1. The highest BCUT2D eigenvalue weighted by Crippen LogP contribution is 2.55. The summed E-state index contributed by atoms with van der Waals surface area (Å²) < 4.78 is 0. The Morgan fingerprint density at radius 1 is 0.730 bits per heavy atom. The van der Waals surface area contributed by atoms with Crippen LogP contribution in [0.4, 0.5) is 11.4 Å². The van der Waals surface area contributed by atoms with Crippen molar-refractivity contribution in [1.29, 1.82) is 0 Å². The van der Waals surface area contributed by atoms with Gasteiger partial charge in [-0.1, -0.05) is 77.8 Å². The van der Waals surface area contributed by atoms with E-state index in [1.807, 2.05) is 101 Å². The maximum atomic E-state index is 12.7. The molecule has 4 aromatic carbocycles. The molecule has 1 unspecified atom stereocenters. The molecule has 0 saturated carbocycles. The number of benzene rings is 4. The fraction of sp³-hybridized carbons (Fsp3) is 0.0690. The van der Waals surface area contributed by atoms with Crippen LogP contribution in [0, 0.1) is 0 Å². The number of thioether (sulfide) groups is 1. The zero-order valence-electron chi connectivity index (χ0n) is 19.7. The monoisotopic (exact) mass is 542 g/mol. The van der Waals surface area contributed by atoms with E-state index < -0.39 is 4.99 Å². The molecule has 2 aliphatic heterocycles. The molecule has 1 spiro atoms. The van der Waals surface area contributed by atoms with Crippen LogP contribution in [0.1, 0.15) is 23.6 Å². The fourth-order valence-corrected chi connectivity index (χ4v) is 6.09. The summed E-state index contributed by atoms with van der Waals surface area (Å²) in [7, 11) is 0. The Morgan fingerprint density at radius 3 is 1.97 bits per heavy atom. The summed E-state index contributed by atoms with van der Waals surface area (Å²) in [6.45, 7) is 1.54. The van der Waals surface area contributed by atoms with Crippen LogP contribution in [-0.4, -0.2) is 16.5 Å². The van der Waals surface area contributed by atoms with Gasteiger partial charge in [-0.15, -0.1) is 0 Å². The first-order valence-electron chi connectivity index (χ1n) is 11.6. The number of hydrogen-bond acceptors (Lipinski definition) is 6. The van der Waals surface area contributed by atoms with Gasteiger partial charge in [-0.3, -0.25) is 4.79 Å². The second-order valence-electron chi connectivity index (χ2n) is 8.61. The number of ketones is 1. The highest BCUT2D eigenvalue weighted by Gasteiger charge is 2.55. The fourth-order valence-electron chi connectivity index (χ4n) is 4.55. The Labute approximate surface area is 229 Å². The normalized spacial score (nSPS) is 18.5. The first kappa shape index (κ1) is 23.8. The Bertz CT molecular complexity index is 1560. The van der Waals surface area contributed by atoms with Crippen molar-refractivity contribution < 1.29 is 4.79 Å². The zero-order chi connectivity index (χ0) is 25.6. The highest BCUT2D eigenvalue weighted by atomic mass is 35.5. The van der Waals surface area contributed by atoms with Gasteiger partial charge in [0.1, 0.15) is 0 Å². The van der Waals surface area contributed by atoms with E-state index in [0.29, 0.717) is 15.1 Å². The van der Waals surface area contributed by atoms with Crippen LogP contribution in [-0.2, 0) is 9.79 Å². The van der Waals surface area contributed by atoms with E-state index in [0.717, 1.165) is 33.8 Å². The summed E-state index contributed by atoms with van der Waals surface area (Å²) in [5, 5.41) is 15.6. The van der Waals surface area contributed by atoms with Crippen LogP contribution in [0.15, 0.2) is 113 Å². The van der Waals surface area contributed by atoms with E-state index in [1.165, 1.54) is 18.7 Å². The molecule has 0 amide bonds. The number of hydrogen-bond donors (Lipinski definition) is 0. The zero-order valence-corrected chi connectivity index (χ0v) is 22.0. The second-order valence-corrected chi connectivity index (χ2v) is 10.6. The standard InChI is InChI=1S/C29H20Cl2N4OS/c1-19(36)28-33-35(24-17-15-22(31)16-18-24)29(37-28)26-10-6-5-9-25(26)27(20-11-13-21(30)14-12-20)32-34(29)23-7-3-2-4-8-23/h2-18H,1H3. The number of nitrogens with zero attached hydrogens (tertiary/aromatic N) is 4. The molecule has 0 bridgehead atoms. The van der Waals surface area contributed by atoms with Gasteiger partial charge in [-0.05, 0) is 60.3 Å². The molecule has 0 saturated heterocycles. The van der Waals surface area contributed by atoms with Gasteiger partial charge in [0, 0.05) is 33.7 Å². The Hall–Kier alpha value is -3.58. The number of rotatable bonds is 4. The minimum absolute atomic E-state index is 0.112. The summed E-state index contributed by atoms with van der Waals surface area (Å²) in [4.78, 5) is 11.7. The lowest BCUT2D eigenvalue weighted by Gasteiger charge is -2.47. The van der Waals surface area contributed by atoms with Gasteiger partial charge < -0.3 is 0 Å². The molecule has 8 heteroatoms. The molecule has 1 atom stereocenters. The van der Waals surface area contributed by atoms with Crippen LogP contribution in [0.5, 0.6) is 0 Å². The van der Waals surface area contributed by atoms with Gasteiger partial charge in [0.25, 0.3) is 0 Å². The lowest BCUT2D eigenvalue weighted by Crippen LogP contribution is -2.54. The third-order valence-corrected chi connectivity index (χ3v) is 8.14. The number of halogens is 2. The van der Waals surface area contributed by atoms with Crippen LogP contribution < -0.4 is 10.0 Å². The first-order chi connectivity index (χ1) is 18.0. The molecular formula is C29H20Cl2N4OS. The number of anilines is 2. The largest absolute Gasteiger partial charge is 0.292 e. The highest BCUT2D eigenvalue weighted by molar-refractivity contribution is 8.17.